The molecule has 0 unspecified atom stereocenters. The van der Waals surface area contributed by atoms with Crippen molar-refractivity contribution in [1.82, 2.24) is 4.57 Å². The summed E-state index contributed by atoms with van der Waals surface area (Å²) >= 11 is 3.06. The molecule has 0 aliphatic carbocycles. The second-order valence-corrected chi connectivity index (χ2v) is 10.6. The summed E-state index contributed by atoms with van der Waals surface area (Å²) < 4.78 is 26.5. The van der Waals surface area contributed by atoms with Gasteiger partial charge in [0.25, 0.3) is 5.91 Å². The fourth-order valence-corrected chi connectivity index (χ4v) is 4.99. The van der Waals surface area contributed by atoms with Crippen molar-refractivity contribution in [3.63, 3.8) is 0 Å². The molecular formula is C20H22N2O3S3. The lowest BCUT2D eigenvalue weighted by molar-refractivity contribution is -0.117. The molecule has 1 heterocycles. The van der Waals surface area contributed by atoms with Crippen LogP contribution in [0.1, 0.15) is 11.1 Å². The molecule has 0 spiro atoms. The Morgan fingerprint density at radius 1 is 1.18 bits per heavy atom. The first kappa shape index (κ1) is 20.8. The topological polar surface area (TPSA) is 68.5 Å². The number of nitrogens with zero attached hydrogens (tertiary/aromatic N) is 2. The van der Waals surface area contributed by atoms with Crippen molar-refractivity contribution in [1.29, 1.82) is 0 Å². The number of thiazole rings is 1. The van der Waals surface area contributed by atoms with Crippen LogP contribution >= 0.6 is 23.1 Å². The minimum absolute atomic E-state index is 0.211. The van der Waals surface area contributed by atoms with Crippen LogP contribution in [0.3, 0.4) is 0 Å². The number of amides is 1. The molecule has 5 nitrogen and oxygen atoms in total. The van der Waals surface area contributed by atoms with Gasteiger partial charge in [-0.1, -0.05) is 41.2 Å². The monoisotopic (exact) mass is 434 g/mol. The quantitative estimate of drug-likeness (QED) is 0.596. The number of sulfone groups is 1. The van der Waals surface area contributed by atoms with Crippen molar-refractivity contribution in [3.8, 4) is 0 Å². The minimum atomic E-state index is -3.29. The predicted molar refractivity (Wildman–Crippen MR) is 117 cm³/mol. The van der Waals surface area contributed by atoms with Gasteiger partial charge < -0.3 is 4.57 Å². The molecule has 8 heteroatoms. The van der Waals surface area contributed by atoms with E-state index in [2.05, 4.69) is 4.99 Å². The molecule has 0 fully saturated rings. The number of hydrogen-bond donors (Lipinski definition) is 0. The number of benzene rings is 2. The summed E-state index contributed by atoms with van der Waals surface area (Å²) in [5.74, 6) is 0.663. The maximum atomic E-state index is 12.5. The number of aryl methyl sites for hydroxylation is 2. The van der Waals surface area contributed by atoms with Gasteiger partial charge in [-0.05, 0) is 36.9 Å². The van der Waals surface area contributed by atoms with Crippen molar-refractivity contribution >= 4 is 49.1 Å². The van der Waals surface area contributed by atoms with Crippen LogP contribution in [0.5, 0.6) is 0 Å². The second-order valence-electron chi connectivity index (χ2n) is 6.60. The molecule has 0 aliphatic heterocycles. The number of hydrogen-bond acceptors (Lipinski definition) is 5. The molecule has 0 saturated heterocycles. The largest absolute Gasteiger partial charge is 0.316 e. The highest BCUT2D eigenvalue weighted by molar-refractivity contribution is 7.98. The molecule has 28 heavy (non-hydrogen) atoms. The fourth-order valence-electron chi connectivity index (χ4n) is 2.79. The Balaban J connectivity index is 2.02. The third kappa shape index (κ3) is 4.92. The summed E-state index contributed by atoms with van der Waals surface area (Å²) in [7, 11) is -3.29. The number of aromatic nitrogens is 1. The third-order valence-corrected chi connectivity index (χ3v) is 7.04. The standard InChI is InChI=1S/C20H22N2O3S3/c1-14-4-6-15(7-5-14)12-19(23)21-20-22(10-11-26-2)17-9-8-16(28(3,24)25)13-18(17)27-20/h4-9,13H,10-12H2,1-3H3. The number of carbonyl (C=O) groups is 1. The number of fused-ring (bicyclic) bond motifs is 1. The van der Waals surface area contributed by atoms with Gasteiger partial charge in [-0.3, -0.25) is 4.79 Å². The lowest BCUT2D eigenvalue weighted by Gasteiger charge is -2.04. The van der Waals surface area contributed by atoms with E-state index in [0.29, 0.717) is 11.3 Å². The molecule has 3 aromatic rings. The van der Waals surface area contributed by atoms with Crippen molar-refractivity contribution < 1.29 is 13.2 Å². The van der Waals surface area contributed by atoms with Crippen LogP contribution in [0, 0.1) is 6.92 Å². The Bertz CT molecular complexity index is 1170. The van der Waals surface area contributed by atoms with Gasteiger partial charge in [-0.15, -0.1) is 0 Å². The van der Waals surface area contributed by atoms with E-state index in [-0.39, 0.29) is 17.2 Å². The van der Waals surface area contributed by atoms with Gasteiger partial charge in [0.15, 0.2) is 14.6 Å². The van der Waals surface area contributed by atoms with Crippen LogP contribution in [0.15, 0.2) is 52.4 Å². The van der Waals surface area contributed by atoms with Crippen LogP contribution in [-0.4, -0.2) is 37.2 Å². The van der Waals surface area contributed by atoms with E-state index >= 15 is 0 Å². The first-order chi connectivity index (χ1) is 13.3. The Kier molecular flexibility index (Phi) is 6.42. The van der Waals surface area contributed by atoms with Gasteiger partial charge in [-0.25, -0.2) is 8.42 Å². The van der Waals surface area contributed by atoms with E-state index in [9.17, 15) is 13.2 Å². The SMILES string of the molecule is CSCCn1c(=NC(=O)Cc2ccc(C)cc2)sc2cc(S(C)(=O)=O)ccc21. The summed E-state index contributed by atoms with van der Waals surface area (Å²) in [5, 5.41) is 0. The molecule has 0 saturated carbocycles. The summed E-state index contributed by atoms with van der Waals surface area (Å²) in [6.07, 6.45) is 3.46. The van der Waals surface area contributed by atoms with Gasteiger partial charge in [-0.2, -0.15) is 16.8 Å². The minimum Gasteiger partial charge on any atom is -0.316 e. The van der Waals surface area contributed by atoms with Gasteiger partial charge in [0.05, 0.1) is 21.5 Å². The highest BCUT2D eigenvalue weighted by atomic mass is 32.2. The second kappa shape index (κ2) is 8.63. The molecule has 0 aliphatic rings. The summed E-state index contributed by atoms with van der Waals surface area (Å²) in [6.45, 7) is 2.71. The zero-order chi connectivity index (χ0) is 20.3. The molecule has 0 N–H and O–H groups in total. The van der Waals surface area contributed by atoms with E-state index < -0.39 is 9.84 Å². The van der Waals surface area contributed by atoms with E-state index in [1.807, 2.05) is 42.0 Å². The molecule has 1 amide bonds. The zero-order valence-electron chi connectivity index (χ0n) is 16.0. The van der Waals surface area contributed by atoms with Crippen LogP contribution in [0.2, 0.25) is 0 Å². The van der Waals surface area contributed by atoms with Gasteiger partial charge in [0.1, 0.15) is 0 Å². The zero-order valence-corrected chi connectivity index (χ0v) is 18.5. The van der Waals surface area contributed by atoms with Crippen LogP contribution in [-0.2, 0) is 27.6 Å². The third-order valence-electron chi connectivity index (χ3n) is 4.30. The van der Waals surface area contributed by atoms with E-state index in [4.69, 9.17) is 0 Å². The number of rotatable bonds is 6. The molecule has 0 atom stereocenters. The molecule has 148 valence electrons. The Morgan fingerprint density at radius 2 is 1.89 bits per heavy atom. The van der Waals surface area contributed by atoms with Crippen molar-refractivity contribution in [2.45, 2.75) is 24.8 Å². The van der Waals surface area contributed by atoms with E-state index in [0.717, 1.165) is 27.1 Å². The molecule has 0 bridgehead atoms. The van der Waals surface area contributed by atoms with Gasteiger partial charge >= 0.3 is 0 Å². The molecule has 3 rings (SSSR count). The predicted octanol–water partition coefficient (Wildman–Crippen LogP) is 3.45. The average Bonchev–Trinajstić information content (AvgIpc) is 2.97. The highest BCUT2D eigenvalue weighted by Gasteiger charge is 2.13. The Hall–Kier alpha value is -1.90. The van der Waals surface area contributed by atoms with Crippen LogP contribution < -0.4 is 4.80 Å². The molecule has 1 aromatic heterocycles. The maximum Gasteiger partial charge on any atom is 0.252 e. The molecular weight excluding hydrogens is 412 g/mol. The van der Waals surface area contributed by atoms with Crippen molar-refractivity contribution in [2.75, 3.05) is 18.3 Å². The Morgan fingerprint density at radius 3 is 2.54 bits per heavy atom. The normalized spacial score (nSPS) is 12.6. The summed E-state index contributed by atoms with van der Waals surface area (Å²) in [5.41, 5.74) is 2.97. The lowest BCUT2D eigenvalue weighted by Crippen LogP contribution is -2.18. The van der Waals surface area contributed by atoms with E-state index in [1.165, 1.54) is 17.6 Å². The average molecular weight is 435 g/mol. The molecule has 0 radical (unpaired) electrons. The fraction of sp³-hybridized carbons (Fsp3) is 0.300. The van der Waals surface area contributed by atoms with Gasteiger partial charge in [0.2, 0.25) is 0 Å². The van der Waals surface area contributed by atoms with Crippen molar-refractivity contribution in [2.24, 2.45) is 4.99 Å². The smallest absolute Gasteiger partial charge is 0.252 e. The van der Waals surface area contributed by atoms with Crippen LogP contribution in [0.4, 0.5) is 0 Å². The van der Waals surface area contributed by atoms with Crippen molar-refractivity contribution in [3.05, 3.63) is 58.4 Å². The Labute approximate surface area is 173 Å². The van der Waals surface area contributed by atoms with Gasteiger partial charge in [0, 0.05) is 18.6 Å². The number of carbonyl (C=O) groups excluding carboxylic acids is 1. The summed E-state index contributed by atoms with van der Waals surface area (Å²) in [6, 6.07) is 12.9. The summed E-state index contributed by atoms with van der Waals surface area (Å²) in [4.78, 5) is 17.7. The lowest BCUT2D eigenvalue weighted by atomic mass is 10.1. The first-order valence-corrected chi connectivity index (χ1v) is 12.8. The number of thioether (sulfide) groups is 1. The first-order valence-electron chi connectivity index (χ1n) is 8.73. The maximum absolute atomic E-state index is 12.5. The molecule has 2 aromatic carbocycles. The van der Waals surface area contributed by atoms with Crippen LogP contribution in [0.25, 0.3) is 10.2 Å². The highest BCUT2D eigenvalue weighted by Crippen LogP contribution is 2.22. The van der Waals surface area contributed by atoms with E-state index in [1.54, 1.807) is 30.0 Å².